The van der Waals surface area contributed by atoms with E-state index in [0.717, 1.165) is 11.9 Å². The molecule has 1 aromatic heterocycles. The van der Waals surface area contributed by atoms with Crippen LogP contribution in [0, 0.1) is 0 Å². The molecule has 0 amide bonds. The minimum absolute atomic E-state index is 0.174. The number of fused-ring (bicyclic) bond motifs is 1. The van der Waals surface area contributed by atoms with Crippen LogP contribution in [0.1, 0.15) is 31.4 Å². The van der Waals surface area contributed by atoms with Gasteiger partial charge < -0.3 is 5.73 Å². The van der Waals surface area contributed by atoms with Crippen molar-refractivity contribution in [2.75, 3.05) is 0 Å². The normalized spacial score (nSPS) is 17.9. The summed E-state index contributed by atoms with van der Waals surface area (Å²) in [6.45, 7) is 2.03. The van der Waals surface area contributed by atoms with Crippen molar-refractivity contribution in [1.29, 1.82) is 0 Å². The number of nitrogens with zero attached hydrogens (tertiary/aromatic N) is 3. The number of rotatable bonds is 3. The maximum absolute atomic E-state index is 5.88. The third-order valence-electron chi connectivity index (χ3n) is 3.01. The molecule has 1 aliphatic rings. The van der Waals surface area contributed by atoms with Gasteiger partial charge in [-0.1, -0.05) is 17.3 Å². The molecule has 1 unspecified atom stereocenters. The molecule has 0 radical (unpaired) electrons. The lowest BCUT2D eigenvalue weighted by atomic mass is 10.1. The summed E-state index contributed by atoms with van der Waals surface area (Å²) in [5, 5.41) is 8.47. The van der Waals surface area contributed by atoms with E-state index in [4.69, 9.17) is 5.73 Å². The highest BCUT2D eigenvalue weighted by Gasteiger charge is 2.27. The molecule has 0 saturated heterocycles. The van der Waals surface area contributed by atoms with Crippen molar-refractivity contribution < 1.29 is 0 Å². The average Bonchev–Trinajstić information content (AvgIpc) is 2.98. The van der Waals surface area contributed by atoms with E-state index >= 15 is 0 Å². The monoisotopic (exact) mass is 216 g/mol. The molecular weight excluding hydrogens is 200 g/mol. The van der Waals surface area contributed by atoms with Gasteiger partial charge in [0.2, 0.25) is 0 Å². The van der Waals surface area contributed by atoms with Crippen LogP contribution in [0.4, 0.5) is 0 Å². The minimum atomic E-state index is 0.174. The van der Waals surface area contributed by atoms with Gasteiger partial charge in [-0.15, -0.1) is 5.10 Å². The molecule has 1 aromatic carbocycles. The summed E-state index contributed by atoms with van der Waals surface area (Å²) in [6, 6.07) is 6.93. The first kappa shape index (κ1) is 9.78. The molecule has 1 heterocycles. The highest BCUT2D eigenvalue weighted by molar-refractivity contribution is 5.78. The van der Waals surface area contributed by atoms with Crippen LogP contribution in [0.5, 0.6) is 0 Å². The second kappa shape index (κ2) is 3.56. The van der Waals surface area contributed by atoms with E-state index in [1.807, 2.05) is 19.1 Å². The summed E-state index contributed by atoms with van der Waals surface area (Å²) in [5.41, 5.74) is 9.32. The van der Waals surface area contributed by atoms with E-state index in [9.17, 15) is 0 Å². The van der Waals surface area contributed by atoms with Gasteiger partial charge in [-0.2, -0.15) is 0 Å². The van der Waals surface area contributed by atoms with Gasteiger partial charge in [0.05, 0.1) is 11.6 Å². The Balaban J connectivity index is 2.14. The molecule has 4 heteroatoms. The maximum atomic E-state index is 5.88. The maximum Gasteiger partial charge on any atom is 0.113 e. The SMILES string of the molecule is CC(N)Cc1cccc2nnn(C3CC3)c12. The van der Waals surface area contributed by atoms with Crippen LogP contribution in [0.15, 0.2) is 18.2 Å². The number of aromatic nitrogens is 3. The van der Waals surface area contributed by atoms with Gasteiger partial charge in [-0.25, -0.2) is 4.68 Å². The van der Waals surface area contributed by atoms with E-state index in [2.05, 4.69) is 21.1 Å². The zero-order valence-corrected chi connectivity index (χ0v) is 9.43. The molecule has 1 saturated carbocycles. The lowest BCUT2D eigenvalue weighted by Gasteiger charge is -2.08. The molecule has 16 heavy (non-hydrogen) atoms. The fourth-order valence-electron chi connectivity index (χ4n) is 2.15. The van der Waals surface area contributed by atoms with Crippen molar-refractivity contribution >= 4 is 11.0 Å². The highest BCUT2D eigenvalue weighted by atomic mass is 15.4. The standard InChI is InChI=1S/C12H16N4/c1-8(13)7-9-3-2-4-11-12(9)16(15-14-11)10-5-6-10/h2-4,8,10H,5-7,13H2,1H3. The van der Waals surface area contributed by atoms with Gasteiger partial charge in [0, 0.05) is 6.04 Å². The van der Waals surface area contributed by atoms with Crippen molar-refractivity contribution in [3.8, 4) is 0 Å². The molecule has 2 aromatic rings. The molecule has 2 N–H and O–H groups in total. The molecular formula is C12H16N4. The average molecular weight is 216 g/mol. The number of nitrogens with two attached hydrogens (primary N) is 1. The van der Waals surface area contributed by atoms with Gasteiger partial charge in [0.1, 0.15) is 5.52 Å². The number of hydrogen-bond donors (Lipinski definition) is 1. The van der Waals surface area contributed by atoms with Crippen molar-refractivity contribution in [1.82, 2.24) is 15.0 Å². The molecule has 0 bridgehead atoms. The summed E-state index contributed by atoms with van der Waals surface area (Å²) in [5.74, 6) is 0. The first-order chi connectivity index (χ1) is 7.75. The van der Waals surface area contributed by atoms with Gasteiger partial charge in [-0.05, 0) is 37.8 Å². The van der Waals surface area contributed by atoms with Gasteiger partial charge in [0.25, 0.3) is 0 Å². The molecule has 4 nitrogen and oxygen atoms in total. The Morgan fingerprint density at radius 1 is 1.50 bits per heavy atom. The van der Waals surface area contributed by atoms with Crippen LogP contribution in [0.25, 0.3) is 11.0 Å². The Hall–Kier alpha value is -1.42. The molecule has 1 fully saturated rings. The van der Waals surface area contributed by atoms with Crippen LogP contribution in [0.3, 0.4) is 0 Å². The number of para-hydroxylation sites is 1. The van der Waals surface area contributed by atoms with Crippen molar-refractivity contribution in [2.24, 2.45) is 5.73 Å². The summed E-state index contributed by atoms with van der Waals surface area (Å²) < 4.78 is 2.08. The zero-order valence-electron chi connectivity index (χ0n) is 9.43. The molecule has 0 spiro atoms. The van der Waals surface area contributed by atoms with E-state index in [0.29, 0.717) is 6.04 Å². The summed E-state index contributed by atoms with van der Waals surface area (Å²) in [6.07, 6.45) is 3.34. The van der Waals surface area contributed by atoms with Crippen LogP contribution >= 0.6 is 0 Å². The molecule has 1 aliphatic carbocycles. The summed E-state index contributed by atoms with van der Waals surface area (Å²) >= 11 is 0. The topological polar surface area (TPSA) is 56.7 Å². The molecule has 0 aliphatic heterocycles. The fraction of sp³-hybridized carbons (Fsp3) is 0.500. The molecule has 84 valence electrons. The second-order valence-corrected chi connectivity index (χ2v) is 4.73. The zero-order chi connectivity index (χ0) is 11.1. The van der Waals surface area contributed by atoms with E-state index in [1.165, 1.54) is 23.9 Å². The van der Waals surface area contributed by atoms with E-state index < -0.39 is 0 Å². The largest absolute Gasteiger partial charge is 0.328 e. The van der Waals surface area contributed by atoms with Crippen LogP contribution in [-0.4, -0.2) is 21.0 Å². The lowest BCUT2D eigenvalue weighted by molar-refractivity contribution is 0.625. The Labute approximate surface area is 94.4 Å². The van der Waals surface area contributed by atoms with Gasteiger partial charge in [-0.3, -0.25) is 0 Å². The Morgan fingerprint density at radius 2 is 2.31 bits per heavy atom. The van der Waals surface area contributed by atoms with Gasteiger partial charge >= 0.3 is 0 Å². The number of benzene rings is 1. The molecule has 1 atom stereocenters. The predicted octanol–water partition coefficient (Wildman–Crippen LogP) is 1.66. The first-order valence-electron chi connectivity index (χ1n) is 5.84. The summed E-state index contributed by atoms with van der Waals surface area (Å²) in [4.78, 5) is 0. The van der Waals surface area contributed by atoms with Crippen LogP contribution < -0.4 is 5.73 Å². The number of hydrogen-bond acceptors (Lipinski definition) is 3. The van der Waals surface area contributed by atoms with Crippen LogP contribution in [-0.2, 0) is 6.42 Å². The molecule has 3 rings (SSSR count). The van der Waals surface area contributed by atoms with Crippen molar-refractivity contribution in [2.45, 2.75) is 38.3 Å². The van der Waals surface area contributed by atoms with Crippen molar-refractivity contribution in [3.05, 3.63) is 23.8 Å². The highest BCUT2D eigenvalue weighted by Crippen LogP contribution is 2.36. The third kappa shape index (κ3) is 1.59. The predicted molar refractivity (Wildman–Crippen MR) is 63.2 cm³/mol. The smallest absolute Gasteiger partial charge is 0.113 e. The third-order valence-corrected chi connectivity index (χ3v) is 3.01. The van der Waals surface area contributed by atoms with Crippen LogP contribution in [0.2, 0.25) is 0 Å². The Bertz CT molecular complexity index is 511. The lowest BCUT2D eigenvalue weighted by Crippen LogP contribution is -2.18. The second-order valence-electron chi connectivity index (χ2n) is 4.73. The minimum Gasteiger partial charge on any atom is -0.328 e. The summed E-state index contributed by atoms with van der Waals surface area (Å²) in [7, 11) is 0. The Morgan fingerprint density at radius 3 is 3.00 bits per heavy atom. The Kier molecular flexibility index (Phi) is 2.17. The fourth-order valence-corrected chi connectivity index (χ4v) is 2.15. The van der Waals surface area contributed by atoms with Crippen molar-refractivity contribution in [3.63, 3.8) is 0 Å². The van der Waals surface area contributed by atoms with E-state index in [1.54, 1.807) is 0 Å². The van der Waals surface area contributed by atoms with E-state index in [-0.39, 0.29) is 6.04 Å². The first-order valence-corrected chi connectivity index (χ1v) is 5.84. The quantitative estimate of drug-likeness (QED) is 0.848. The van der Waals surface area contributed by atoms with Gasteiger partial charge in [0.15, 0.2) is 0 Å².